The number of halogens is 2. The van der Waals surface area contributed by atoms with Crippen LogP contribution < -0.4 is 0 Å². The van der Waals surface area contributed by atoms with Crippen LogP contribution in [0.15, 0.2) is 24.5 Å². The van der Waals surface area contributed by atoms with Crippen molar-refractivity contribution in [2.75, 3.05) is 0 Å². The van der Waals surface area contributed by atoms with Gasteiger partial charge in [-0.15, -0.1) is 0 Å². The van der Waals surface area contributed by atoms with E-state index in [1.165, 1.54) is 4.57 Å². The summed E-state index contributed by atoms with van der Waals surface area (Å²) in [6.07, 6.45) is 0.833. The molecule has 0 spiro atoms. The smallest absolute Gasteiger partial charge is 0.256 e. The first kappa shape index (κ1) is 13.2. The van der Waals surface area contributed by atoms with Crippen LogP contribution in [-0.2, 0) is 6.54 Å². The summed E-state index contributed by atoms with van der Waals surface area (Å²) in [6.45, 7) is 3.21. The number of aromatic nitrogens is 3. The van der Waals surface area contributed by atoms with E-state index in [0.717, 1.165) is 11.3 Å². The maximum Gasteiger partial charge on any atom is 0.256 e. The number of hydrogen-bond acceptors (Lipinski definition) is 2. The zero-order chi connectivity index (χ0) is 13.8. The van der Waals surface area contributed by atoms with Gasteiger partial charge in [0.15, 0.2) is 0 Å². The molecule has 0 bridgehead atoms. The first-order valence-electron chi connectivity index (χ1n) is 5.81. The second-order valence-electron chi connectivity index (χ2n) is 4.15. The number of alkyl halides is 2. The lowest BCUT2D eigenvalue weighted by molar-refractivity contribution is 0.125. The van der Waals surface area contributed by atoms with Crippen LogP contribution >= 0.6 is 0 Å². The first-order valence-corrected chi connectivity index (χ1v) is 5.81. The minimum atomic E-state index is -2.39. The van der Waals surface area contributed by atoms with Crippen molar-refractivity contribution in [2.45, 2.75) is 26.8 Å². The lowest BCUT2D eigenvalue weighted by Gasteiger charge is -2.01. The standard InChI is InChI=1S/C14H13F2N3/c1-10-7-12(5-6-17-10)3-4-13-8-19(9-14(15)16)11(2)18-13/h5-8,14H,9H2,1-2H3. The Morgan fingerprint density at radius 3 is 2.79 bits per heavy atom. The van der Waals surface area contributed by atoms with E-state index in [9.17, 15) is 8.78 Å². The minimum Gasteiger partial charge on any atom is -0.328 e. The van der Waals surface area contributed by atoms with Crippen molar-refractivity contribution < 1.29 is 8.78 Å². The molecule has 19 heavy (non-hydrogen) atoms. The van der Waals surface area contributed by atoms with Gasteiger partial charge in [-0.2, -0.15) is 0 Å². The highest BCUT2D eigenvalue weighted by atomic mass is 19.3. The summed E-state index contributed by atoms with van der Waals surface area (Å²) >= 11 is 0. The highest BCUT2D eigenvalue weighted by Crippen LogP contribution is 2.06. The summed E-state index contributed by atoms with van der Waals surface area (Å²) in [7, 11) is 0. The molecule has 0 atom stereocenters. The number of nitrogens with zero attached hydrogens (tertiary/aromatic N) is 3. The van der Waals surface area contributed by atoms with Crippen LogP contribution in [0, 0.1) is 25.7 Å². The van der Waals surface area contributed by atoms with Gasteiger partial charge in [0.2, 0.25) is 0 Å². The third kappa shape index (κ3) is 3.62. The van der Waals surface area contributed by atoms with Gasteiger partial charge in [-0.3, -0.25) is 4.98 Å². The molecule has 2 rings (SSSR count). The summed E-state index contributed by atoms with van der Waals surface area (Å²) < 4.78 is 26.0. The predicted octanol–water partition coefficient (Wildman–Crippen LogP) is 2.56. The van der Waals surface area contributed by atoms with Gasteiger partial charge in [-0.05, 0) is 31.9 Å². The molecule has 2 aromatic heterocycles. The van der Waals surface area contributed by atoms with Crippen molar-refractivity contribution in [1.29, 1.82) is 0 Å². The predicted molar refractivity (Wildman–Crippen MR) is 67.9 cm³/mol. The molecule has 0 saturated heterocycles. The van der Waals surface area contributed by atoms with E-state index >= 15 is 0 Å². The fourth-order valence-electron chi connectivity index (χ4n) is 1.66. The molecule has 5 heteroatoms. The average molecular weight is 261 g/mol. The first-order chi connectivity index (χ1) is 9.04. The van der Waals surface area contributed by atoms with Gasteiger partial charge in [0.05, 0.1) is 6.54 Å². The van der Waals surface area contributed by atoms with E-state index in [0.29, 0.717) is 11.5 Å². The zero-order valence-electron chi connectivity index (χ0n) is 10.7. The monoisotopic (exact) mass is 261 g/mol. The van der Waals surface area contributed by atoms with Gasteiger partial charge in [-0.25, -0.2) is 13.8 Å². The summed E-state index contributed by atoms with van der Waals surface area (Å²) in [5.41, 5.74) is 2.20. The maximum atomic E-state index is 12.3. The Labute approximate surface area is 110 Å². The van der Waals surface area contributed by atoms with Crippen LogP contribution in [0.5, 0.6) is 0 Å². The lowest BCUT2D eigenvalue weighted by Crippen LogP contribution is -2.06. The largest absolute Gasteiger partial charge is 0.328 e. The molecule has 0 radical (unpaired) electrons. The lowest BCUT2D eigenvalue weighted by atomic mass is 10.2. The fraction of sp³-hybridized carbons (Fsp3) is 0.286. The van der Waals surface area contributed by atoms with E-state index in [-0.39, 0.29) is 6.54 Å². The van der Waals surface area contributed by atoms with E-state index in [2.05, 4.69) is 21.8 Å². The van der Waals surface area contributed by atoms with Crippen molar-refractivity contribution in [3.63, 3.8) is 0 Å². The summed E-state index contributed by atoms with van der Waals surface area (Å²) in [6, 6.07) is 3.65. The highest BCUT2D eigenvalue weighted by molar-refractivity contribution is 5.39. The van der Waals surface area contributed by atoms with Crippen molar-refractivity contribution >= 4 is 0 Å². The molecule has 98 valence electrons. The van der Waals surface area contributed by atoms with Crippen LogP contribution in [0.1, 0.15) is 22.8 Å². The van der Waals surface area contributed by atoms with Crippen molar-refractivity contribution in [2.24, 2.45) is 0 Å². The fourth-order valence-corrected chi connectivity index (χ4v) is 1.66. The van der Waals surface area contributed by atoms with Gasteiger partial charge in [-0.1, -0.05) is 5.92 Å². The molecule has 2 aromatic rings. The van der Waals surface area contributed by atoms with Crippen molar-refractivity contribution in [3.05, 3.63) is 47.3 Å². The number of aryl methyl sites for hydroxylation is 2. The second kappa shape index (κ2) is 5.61. The van der Waals surface area contributed by atoms with Crippen LogP contribution in [-0.4, -0.2) is 21.0 Å². The van der Waals surface area contributed by atoms with E-state index in [1.54, 1.807) is 25.4 Å². The van der Waals surface area contributed by atoms with Gasteiger partial charge in [0.25, 0.3) is 6.43 Å². The number of rotatable bonds is 2. The molecule has 0 amide bonds. The van der Waals surface area contributed by atoms with E-state index in [1.807, 2.05) is 13.0 Å². The van der Waals surface area contributed by atoms with Gasteiger partial charge < -0.3 is 4.57 Å². The van der Waals surface area contributed by atoms with Crippen molar-refractivity contribution in [3.8, 4) is 11.8 Å². The molecule has 3 nitrogen and oxygen atoms in total. The Morgan fingerprint density at radius 2 is 2.11 bits per heavy atom. The molecule has 0 unspecified atom stereocenters. The molecule has 0 aliphatic rings. The quantitative estimate of drug-likeness (QED) is 0.778. The Kier molecular flexibility index (Phi) is 3.91. The molecule has 0 aliphatic carbocycles. The summed E-state index contributed by atoms with van der Waals surface area (Å²) in [5.74, 6) is 6.35. The van der Waals surface area contributed by atoms with Crippen LogP contribution in [0.3, 0.4) is 0 Å². The van der Waals surface area contributed by atoms with E-state index < -0.39 is 6.43 Å². The van der Waals surface area contributed by atoms with Gasteiger partial charge in [0.1, 0.15) is 11.5 Å². The van der Waals surface area contributed by atoms with Gasteiger partial charge in [0, 0.05) is 23.7 Å². The number of hydrogen-bond donors (Lipinski definition) is 0. The molecule has 0 aromatic carbocycles. The van der Waals surface area contributed by atoms with E-state index in [4.69, 9.17) is 0 Å². The molecule has 0 N–H and O–H groups in total. The molecular weight excluding hydrogens is 248 g/mol. The van der Waals surface area contributed by atoms with Crippen LogP contribution in [0.2, 0.25) is 0 Å². The maximum absolute atomic E-state index is 12.3. The SMILES string of the molecule is Cc1cc(C#Cc2cn(CC(F)F)c(C)n2)ccn1. The van der Waals surface area contributed by atoms with Gasteiger partial charge >= 0.3 is 0 Å². The van der Waals surface area contributed by atoms with Crippen molar-refractivity contribution in [1.82, 2.24) is 14.5 Å². The Hall–Kier alpha value is -2.22. The van der Waals surface area contributed by atoms with Crippen LogP contribution in [0.25, 0.3) is 0 Å². The Balaban J connectivity index is 2.21. The highest BCUT2D eigenvalue weighted by Gasteiger charge is 2.07. The molecule has 2 heterocycles. The zero-order valence-corrected chi connectivity index (χ0v) is 10.7. The number of pyridine rings is 1. The summed E-state index contributed by atoms with van der Waals surface area (Å²) in [4.78, 5) is 8.22. The third-order valence-corrected chi connectivity index (χ3v) is 2.54. The summed E-state index contributed by atoms with van der Waals surface area (Å²) in [5, 5.41) is 0. The normalized spacial score (nSPS) is 10.4. The molecule has 0 aliphatic heterocycles. The molecule has 0 fully saturated rings. The minimum absolute atomic E-state index is 0.352. The topological polar surface area (TPSA) is 30.7 Å². The Bertz CT molecular complexity index is 636. The molecule has 0 saturated carbocycles. The average Bonchev–Trinajstić information content (AvgIpc) is 2.67. The number of imidazole rings is 1. The molecular formula is C14H13F2N3. The third-order valence-electron chi connectivity index (χ3n) is 2.54. The van der Waals surface area contributed by atoms with Crippen LogP contribution in [0.4, 0.5) is 8.78 Å². The Morgan fingerprint density at radius 1 is 1.32 bits per heavy atom. The second-order valence-corrected chi connectivity index (χ2v) is 4.15.